The Kier molecular flexibility index (Phi) is 5.95. The van der Waals surface area contributed by atoms with Crippen LogP contribution >= 0.6 is 22.7 Å². The Morgan fingerprint density at radius 3 is 2.33 bits per heavy atom. The van der Waals surface area contributed by atoms with Crippen molar-refractivity contribution < 1.29 is 8.42 Å². The van der Waals surface area contributed by atoms with Gasteiger partial charge in [0.1, 0.15) is 4.21 Å². The summed E-state index contributed by atoms with van der Waals surface area (Å²) in [6.45, 7) is 6.36. The van der Waals surface area contributed by atoms with Crippen LogP contribution in [-0.2, 0) is 10.0 Å². The van der Waals surface area contributed by atoms with E-state index in [9.17, 15) is 8.42 Å². The molecule has 2 rings (SSSR count). The number of likely N-dealkylation sites (N-methyl/N-ethyl adjacent to an activating group) is 1. The van der Waals surface area contributed by atoms with Gasteiger partial charge in [-0.05, 0) is 36.0 Å². The monoisotopic (exact) mass is 344 g/mol. The molecule has 116 valence electrons. The van der Waals surface area contributed by atoms with Crippen molar-refractivity contribution in [1.82, 2.24) is 9.62 Å². The van der Waals surface area contributed by atoms with Crippen LogP contribution in [0.15, 0.2) is 39.2 Å². The van der Waals surface area contributed by atoms with Crippen LogP contribution in [0.5, 0.6) is 0 Å². The van der Waals surface area contributed by atoms with E-state index in [0.717, 1.165) is 13.1 Å². The topological polar surface area (TPSA) is 49.4 Å². The molecule has 4 nitrogen and oxygen atoms in total. The first-order chi connectivity index (χ1) is 10.1. The van der Waals surface area contributed by atoms with Crippen LogP contribution in [0.4, 0.5) is 0 Å². The summed E-state index contributed by atoms with van der Waals surface area (Å²) in [4.78, 5) is 3.45. The van der Waals surface area contributed by atoms with Crippen LogP contribution in [-0.4, -0.2) is 33.0 Å². The van der Waals surface area contributed by atoms with Gasteiger partial charge in [0.15, 0.2) is 0 Å². The molecule has 2 aromatic rings. The minimum Gasteiger partial charge on any atom is -0.295 e. The zero-order valence-electron chi connectivity index (χ0n) is 12.2. The number of nitrogens with one attached hydrogen (secondary N) is 1. The maximum Gasteiger partial charge on any atom is 0.250 e. The fourth-order valence-electron chi connectivity index (χ4n) is 2.23. The van der Waals surface area contributed by atoms with Crippen LogP contribution in [0.2, 0.25) is 0 Å². The molecule has 0 fully saturated rings. The quantitative estimate of drug-likeness (QED) is 0.800. The Morgan fingerprint density at radius 1 is 1.14 bits per heavy atom. The number of hydrogen-bond donors (Lipinski definition) is 1. The fraction of sp³-hybridized carbons (Fsp3) is 0.429. The predicted molar refractivity (Wildman–Crippen MR) is 89.5 cm³/mol. The Hall–Kier alpha value is -0.730. The molecule has 0 amide bonds. The van der Waals surface area contributed by atoms with E-state index in [1.54, 1.807) is 28.8 Å². The molecule has 0 aliphatic heterocycles. The van der Waals surface area contributed by atoms with Crippen LogP contribution in [0, 0.1) is 0 Å². The molecule has 1 N–H and O–H groups in total. The van der Waals surface area contributed by atoms with E-state index in [-0.39, 0.29) is 6.04 Å². The van der Waals surface area contributed by atoms with E-state index in [4.69, 9.17) is 0 Å². The molecule has 0 saturated heterocycles. The first-order valence-electron chi connectivity index (χ1n) is 6.89. The lowest BCUT2D eigenvalue weighted by molar-refractivity contribution is 0.223. The van der Waals surface area contributed by atoms with Gasteiger partial charge in [0, 0.05) is 11.4 Å². The predicted octanol–water partition coefficient (Wildman–Crippen LogP) is 3.17. The second-order valence-corrected chi connectivity index (χ2v) is 8.46. The minimum atomic E-state index is -3.41. The third kappa shape index (κ3) is 4.14. The van der Waals surface area contributed by atoms with Crippen LogP contribution in [0.25, 0.3) is 0 Å². The molecule has 2 aromatic heterocycles. The summed E-state index contributed by atoms with van der Waals surface area (Å²) in [6, 6.07) is 7.53. The summed E-state index contributed by atoms with van der Waals surface area (Å²) in [5.74, 6) is 0. The second-order valence-electron chi connectivity index (χ2n) is 4.54. The molecule has 0 radical (unpaired) electrons. The smallest absolute Gasteiger partial charge is 0.250 e. The van der Waals surface area contributed by atoms with E-state index in [1.807, 2.05) is 11.4 Å². The number of nitrogens with zero attached hydrogens (tertiary/aromatic N) is 1. The highest BCUT2D eigenvalue weighted by Crippen LogP contribution is 2.25. The summed E-state index contributed by atoms with van der Waals surface area (Å²) in [7, 11) is -3.41. The standard InChI is InChI=1S/C14H20N2O2S3/c1-3-16(4-2)12(13-7-5-9-19-13)11-15-21(17,18)14-8-6-10-20-14/h5-10,12,15H,3-4,11H2,1-2H3. The molecule has 0 aromatic carbocycles. The number of thiophene rings is 2. The third-order valence-corrected chi connectivity index (χ3v) is 7.15. The highest BCUT2D eigenvalue weighted by atomic mass is 32.2. The van der Waals surface area contributed by atoms with Crippen molar-refractivity contribution in [2.45, 2.75) is 24.1 Å². The fourth-order valence-corrected chi connectivity index (χ4v) is 5.17. The largest absolute Gasteiger partial charge is 0.295 e. The Labute approximate surface area is 134 Å². The van der Waals surface area contributed by atoms with E-state index >= 15 is 0 Å². The van der Waals surface area contributed by atoms with Crippen molar-refractivity contribution in [3.05, 3.63) is 39.9 Å². The molecule has 1 atom stereocenters. The zero-order chi connectivity index (χ0) is 15.3. The van der Waals surface area contributed by atoms with Gasteiger partial charge < -0.3 is 0 Å². The maximum absolute atomic E-state index is 12.3. The SMILES string of the molecule is CCN(CC)C(CNS(=O)(=O)c1cccs1)c1cccs1. The van der Waals surface area contributed by atoms with E-state index in [0.29, 0.717) is 10.8 Å². The first-order valence-corrected chi connectivity index (χ1v) is 10.1. The van der Waals surface area contributed by atoms with Crippen molar-refractivity contribution in [2.75, 3.05) is 19.6 Å². The van der Waals surface area contributed by atoms with Crippen LogP contribution in [0.1, 0.15) is 24.8 Å². The normalized spacial score (nSPS) is 13.7. The molecule has 0 saturated carbocycles. The Bertz CT molecular complexity index is 617. The van der Waals surface area contributed by atoms with E-state index in [2.05, 4.69) is 29.5 Å². The number of sulfonamides is 1. The third-order valence-electron chi connectivity index (χ3n) is 3.35. The molecular formula is C14H20N2O2S3. The lowest BCUT2D eigenvalue weighted by Crippen LogP contribution is -2.37. The minimum absolute atomic E-state index is 0.0785. The van der Waals surface area contributed by atoms with E-state index < -0.39 is 10.0 Å². The molecular weight excluding hydrogens is 324 g/mol. The highest BCUT2D eigenvalue weighted by Gasteiger charge is 2.22. The van der Waals surface area contributed by atoms with Gasteiger partial charge in [0.05, 0.1) is 6.04 Å². The molecule has 0 aliphatic rings. The number of hydrogen-bond acceptors (Lipinski definition) is 5. The van der Waals surface area contributed by atoms with Crippen molar-refractivity contribution in [1.29, 1.82) is 0 Å². The summed E-state index contributed by atoms with van der Waals surface area (Å²) in [6.07, 6.45) is 0. The summed E-state index contributed by atoms with van der Waals surface area (Å²) >= 11 is 2.90. The maximum atomic E-state index is 12.3. The van der Waals surface area contributed by atoms with Crippen LogP contribution in [0.3, 0.4) is 0 Å². The first kappa shape index (κ1) is 16.6. The van der Waals surface area contributed by atoms with E-state index in [1.165, 1.54) is 16.2 Å². The Balaban J connectivity index is 2.13. The lowest BCUT2D eigenvalue weighted by Gasteiger charge is -2.29. The van der Waals surface area contributed by atoms with Gasteiger partial charge in [-0.25, -0.2) is 13.1 Å². The molecule has 0 aliphatic carbocycles. The van der Waals surface area contributed by atoms with Gasteiger partial charge in [-0.2, -0.15) is 0 Å². The summed E-state index contributed by atoms with van der Waals surface area (Å²) in [5, 5.41) is 3.80. The summed E-state index contributed by atoms with van der Waals surface area (Å²) < 4.78 is 27.6. The molecule has 21 heavy (non-hydrogen) atoms. The lowest BCUT2D eigenvalue weighted by atomic mass is 10.2. The average Bonchev–Trinajstić information content (AvgIpc) is 3.15. The van der Waals surface area contributed by atoms with Gasteiger partial charge in [0.2, 0.25) is 10.0 Å². The molecule has 0 bridgehead atoms. The molecule has 7 heteroatoms. The van der Waals surface area contributed by atoms with Gasteiger partial charge in [-0.15, -0.1) is 22.7 Å². The van der Waals surface area contributed by atoms with Crippen molar-refractivity contribution in [3.63, 3.8) is 0 Å². The Morgan fingerprint density at radius 2 is 1.81 bits per heavy atom. The summed E-state index contributed by atoms with van der Waals surface area (Å²) in [5.41, 5.74) is 0. The van der Waals surface area contributed by atoms with Crippen molar-refractivity contribution in [2.24, 2.45) is 0 Å². The molecule has 0 spiro atoms. The van der Waals surface area contributed by atoms with Gasteiger partial charge >= 0.3 is 0 Å². The van der Waals surface area contributed by atoms with Crippen molar-refractivity contribution >= 4 is 32.7 Å². The highest BCUT2D eigenvalue weighted by molar-refractivity contribution is 7.91. The average molecular weight is 345 g/mol. The second kappa shape index (κ2) is 7.51. The van der Waals surface area contributed by atoms with Gasteiger partial charge in [-0.1, -0.05) is 26.0 Å². The number of rotatable bonds is 8. The van der Waals surface area contributed by atoms with Gasteiger partial charge in [0.25, 0.3) is 0 Å². The van der Waals surface area contributed by atoms with Gasteiger partial charge in [-0.3, -0.25) is 4.90 Å². The zero-order valence-corrected chi connectivity index (χ0v) is 14.6. The van der Waals surface area contributed by atoms with Crippen molar-refractivity contribution in [3.8, 4) is 0 Å². The molecule has 2 heterocycles. The molecule has 1 unspecified atom stereocenters. The van der Waals surface area contributed by atoms with Crippen LogP contribution < -0.4 is 4.72 Å².